The first kappa shape index (κ1) is 18.0. The Kier molecular flexibility index (Phi) is 6.39. The SMILES string of the molecule is COC1CCN(C2(CN=C(N)N3CCCCCC3)CCCC2)CC1. The van der Waals surface area contributed by atoms with Gasteiger partial charge in [0.15, 0.2) is 5.96 Å². The molecule has 0 aromatic carbocycles. The summed E-state index contributed by atoms with van der Waals surface area (Å²) in [6, 6.07) is 0. The summed E-state index contributed by atoms with van der Waals surface area (Å²) in [5.41, 5.74) is 6.62. The van der Waals surface area contributed by atoms with Gasteiger partial charge in [0.2, 0.25) is 0 Å². The van der Waals surface area contributed by atoms with E-state index in [1.165, 1.54) is 51.4 Å². The van der Waals surface area contributed by atoms with Crippen LogP contribution >= 0.6 is 0 Å². The van der Waals surface area contributed by atoms with Gasteiger partial charge in [-0.2, -0.15) is 0 Å². The number of piperidine rings is 1. The highest BCUT2D eigenvalue weighted by Crippen LogP contribution is 2.37. The van der Waals surface area contributed by atoms with Crippen LogP contribution in [-0.4, -0.2) is 67.2 Å². The van der Waals surface area contributed by atoms with Crippen molar-refractivity contribution < 1.29 is 4.74 Å². The van der Waals surface area contributed by atoms with E-state index in [-0.39, 0.29) is 5.54 Å². The van der Waals surface area contributed by atoms with E-state index in [9.17, 15) is 0 Å². The molecule has 3 fully saturated rings. The monoisotopic (exact) mass is 336 g/mol. The van der Waals surface area contributed by atoms with Crippen molar-refractivity contribution in [3.05, 3.63) is 0 Å². The van der Waals surface area contributed by atoms with Gasteiger partial charge in [-0.1, -0.05) is 25.7 Å². The molecule has 0 amide bonds. The van der Waals surface area contributed by atoms with Crippen LogP contribution in [0.2, 0.25) is 0 Å². The van der Waals surface area contributed by atoms with Crippen LogP contribution in [0.4, 0.5) is 0 Å². The lowest BCUT2D eigenvalue weighted by atomic mass is 9.91. The number of ether oxygens (including phenoxy) is 1. The number of likely N-dealkylation sites (tertiary alicyclic amines) is 2. The van der Waals surface area contributed by atoms with Crippen LogP contribution in [0.15, 0.2) is 4.99 Å². The highest BCUT2D eigenvalue weighted by Gasteiger charge is 2.41. The van der Waals surface area contributed by atoms with E-state index in [1.54, 1.807) is 0 Å². The fourth-order valence-corrected chi connectivity index (χ4v) is 4.80. The third-order valence-electron chi connectivity index (χ3n) is 6.45. The fraction of sp³-hybridized carbons (Fsp3) is 0.947. The summed E-state index contributed by atoms with van der Waals surface area (Å²) in [4.78, 5) is 9.92. The number of methoxy groups -OCH3 is 1. The molecule has 0 unspecified atom stereocenters. The van der Waals surface area contributed by atoms with E-state index in [0.29, 0.717) is 6.10 Å². The van der Waals surface area contributed by atoms with Crippen LogP contribution in [0.1, 0.15) is 64.2 Å². The molecule has 0 aromatic rings. The van der Waals surface area contributed by atoms with Gasteiger partial charge in [-0.3, -0.25) is 9.89 Å². The van der Waals surface area contributed by atoms with E-state index in [2.05, 4.69) is 9.80 Å². The number of aliphatic imine (C=N–C) groups is 1. The molecule has 1 aliphatic carbocycles. The molecule has 0 aromatic heterocycles. The summed E-state index contributed by atoms with van der Waals surface area (Å²) in [6.45, 7) is 5.35. The van der Waals surface area contributed by atoms with Gasteiger partial charge < -0.3 is 15.4 Å². The quantitative estimate of drug-likeness (QED) is 0.633. The number of hydrogen-bond acceptors (Lipinski definition) is 3. The Morgan fingerprint density at radius 2 is 1.62 bits per heavy atom. The normalized spacial score (nSPS) is 27.4. The van der Waals surface area contributed by atoms with Crippen molar-refractivity contribution >= 4 is 5.96 Å². The summed E-state index contributed by atoms with van der Waals surface area (Å²) < 4.78 is 5.54. The molecule has 24 heavy (non-hydrogen) atoms. The van der Waals surface area contributed by atoms with Crippen molar-refractivity contribution in [3.8, 4) is 0 Å². The van der Waals surface area contributed by atoms with Gasteiger partial charge in [0, 0.05) is 38.8 Å². The second kappa shape index (κ2) is 8.52. The molecular weight excluding hydrogens is 300 g/mol. The molecule has 1 saturated carbocycles. The summed E-state index contributed by atoms with van der Waals surface area (Å²) >= 11 is 0. The van der Waals surface area contributed by atoms with Crippen LogP contribution in [0.5, 0.6) is 0 Å². The van der Waals surface area contributed by atoms with E-state index in [0.717, 1.165) is 51.5 Å². The first-order valence-electron chi connectivity index (χ1n) is 10.1. The van der Waals surface area contributed by atoms with Gasteiger partial charge in [-0.15, -0.1) is 0 Å². The zero-order chi connectivity index (χ0) is 16.8. The number of hydrogen-bond donors (Lipinski definition) is 1. The Morgan fingerprint density at radius 3 is 2.21 bits per heavy atom. The number of guanidine groups is 1. The molecule has 3 aliphatic rings. The van der Waals surface area contributed by atoms with Crippen LogP contribution in [-0.2, 0) is 4.74 Å². The molecule has 2 heterocycles. The summed E-state index contributed by atoms with van der Waals surface area (Å²) in [5, 5.41) is 0. The van der Waals surface area contributed by atoms with Crippen molar-refractivity contribution in [2.24, 2.45) is 10.7 Å². The van der Waals surface area contributed by atoms with E-state index >= 15 is 0 Å². The Hall–Kier alpha value is -0.810. The van der Waals surface area contributed by atoms with Gasteiger partial charge in [0.1, 0.15) is 0 Å². The lowest BCUT2D eigenvalue weighted by molar-refractivity contribution is -0.000107. The van der Waals surface area contributed by atoms with Crippen LogP contribution < -0.4 is 5.73 Å². The number of rotatable bonds is 4. The minimum Gasteiger partial charge on any atom is -0.381 e. The van der Waals surface area contributed by atoms with Gasteiger partial charge >= 0.3 is 0 Å². The molecule has 2 aliphatic heterocycles. The maximum Gasteiger partial charge on any atom is 0.191 e. The lowest BCUT2D eigenvalue weighted by Crippen LogP contribution is -2.53. The smallest absolute Gasteiger partial charge is 0.191 e. The molecule has 0 radical (unpaired) electrons. The summed E-state index contributed by atoms with van der Waals surface area (Å²) in [6.07, 6.45) is 13.2. The third kappa shape index (κ3) is 4.23. The molecule has 2 saturated heterocycles. The van der Waals surface area contributed by atoms with Crippen molar-refractivity contribution in [2.75, 3.05) is 39.8 Å². The summed E-state index contributed by atoms with van der Waals surface area (Å²) in [5.74, 6) is 0.787. The first-order valence-corrected chi connectivity index (χ1v) is 10.1. The molecule has 5 nitrogen and oxygen atoms in total. The van der Waals surface area contributed by atoms with Gasteiger partial charge in [0.05, 0.1) is 12.6 Å². The van der Waals surface area contributed by atoms with E-state index in [4.69, 9.17) is 15.5 Å². The van der Waals surface area contributed by atoms with E-state index < -0.39 is 0 Å². The molecular formula is C19H36N4O. The highest BCUT2D eigenvalue weighted by atomic mass is 16.5. The predicted molar refractivity (Wildman–Crippen MR) is 99.3 cm³/mol. The zero-order valence-corrected chi connectivity index (χ0v) is 15.5. The number of nitrogens with two attached hydrogens (primary N) is 1. The molecule has 0 spiro atoms. The van der Waals surface area contributed by atoms with Gasteiger partial charge in [-0.05, 0) is 38.5 Å². The largest absolute Gasteiger partial charge is 0.381 e. The van der Waals surface area contributed by atoms with Crippen molar-refractivity contribution in [2.45, 2.75) is 75.9 Å². The third-order valence-corrected chi connectivity index (χ3v) is 6.45. The summed E-state index contributed by atoms with van der Waals surface area (Å²) in [7, 11) is 1.85. The molecule has 0 bridgehead atoms. The van der Waals surface area contributed by atoms with Crippen molar-refractivity contribution in [1.82, 2.24) is 9.80 Å². The highest BCUT2D eigenvalue weighted by molar-refractivity contribution is 5.78. The molecule has 0 atom stereocenters. The second-order valence-electron chi connectivity index (χ2n) is 7.93. The van der Waals surface area contributed by atoms with Gasteiger partial charge in [0.25, 0.3) is 0 Å². The maximum atomic E-state index is 6.37. The number of nitrogens with zero attached hydrogens (tertiary/aromatic N) is 3. The lowest BCUT2D eigenvalue weighted by Gasteiger charge is -2.44. The minimum absolute atomic E-state index is 0.259. The standard InChI is InChI=1S/C19H36N4O/c1-24-17-8-14-23(15-9-17)19(10-4-5-11-19)16-21-18(20)22-12-6-2-3-7-13-22/h17H,2-16H2,1H3,(H2,20,21). The van der Waals surface area contributed by atoms with Crippen LogP contribution in [0.3, 0.4) is 0 Å². The Labute approximate surface area is 147 Å². The predicted octanol–water partition coefficient (Wildman–Crippen LogP) is 2.60. The Balaban J connectivity index is 1.62. The fourth-order valence-electron chi connectivity index (χ4n) is 4.80. The molecule has 3 rings (SSSR count). The maximum absolute atomic E-state index is 6.37. The topological polar surface area (TPSA) is 54.1 Å². The average Bonchev–Trinajstić information content (AvgIpc) is 2.94. The second-order valence-corrected chi connectivity index (χ2v) is 7.93. The molecule has 2 N–H and O–H groups in total. The van der Waals surface area contributed by atoms with Crippen molar-refractivity contribution in [3.63, 3.8) is 0 Å². The van der Waals surface area contributed by atoms with E-state index in [1.807, 2.05) is 7.11 Å². The zero-order valence-electron chi connectivity index (χ0n) is 15.5. The Bertz CT molecular complexity index is 404. The molecule has 5 heteroatoms. The van der Waals surface area contributed by atoms with Gasteiger partial charge in [-0.25, -0.2) is 0 Å². The molecule has 138 valence electrons. The van der Waals surface area contributed by atoms with Crippen LogP contribution in [0.25, 0.3) is 0 Å². The Morgan fingerprint density at radius 1 is 1.00 bits per heavy atom. The van der Waals surface area contributed by atoms with Crippen molar-refractivity contribution in [1.29, 1.82) is 0 Å². The minimum atomic E-state index is 0.259. The first-order chi connectivity index (χ1) is 11.7. The van der Waals surface area contributed by atoms with Crippen LogP contribution in [0, 0.1) is 0 Å². The average molecular weight is 337 g/mol.